The molecule has 3 nitrogen and oxygen atoms in total. The summed E-state index contributed by atoms with van der Waals surface area (Å²) >= 11 is 1.18. The lowest BCUT2D eigenvalue weighted by atomic mass is 9.98. The van der Waals surface area contributed by atoms with Crippen LogP contribution in [0.3, 0.4) is 0 Å². The third-order valence-electron chi connectivity index (χ3n) is 2.64. The maximum Gasteiger partial charge on any atom is 0.133 e. The molecule has 1 aliphatic rings. The zero-order valence-corrected chi connectivity index (χ0v) is 9.81. The first kappa shape index (κ1) is 11.6. The number of thiocyanates is 1. The van der Waals surface area contributed by atoms with Gasteiger partial charge in [-0.05, 0) is 45.0 Å². The molecule has 0 aromatic carbocycles. The number of thioether (sulfide) groups is 1. The molecular weight excluding hydrogens is 196 g/mol. The van der Waals surface area contributed by atoms with Crippen molar-refractivity contribution in [2.75, 3.05) is 5.75 Å². The average Bonchev–Trinajstić information content (AvgIpc) is 2.23. The van der Waals surface area contributed by atoms with E-state index in [0.717, 1.165) is 10.6 Å². The van der Waals surface area contributed by atoms with Crippen LogP contribution in [0.5, 0.6) is 0 Å². The van der Waals surface area contributed by atoms with Gasteiger partial charge in [0.2, 0.25) is 0 Å². The quantitative estimate of drug-likeness (QED) is 0.520. The predicted octanol–water partition coefficient (Wildman–Crippen LogP) is 2.35. The van der Waals surface area contributed by atoms with Gasteiger partial charge in [-0.1, -0.05) is 6.08 Å². The van der Waals surface area contributed by atoms with Crippen LogP contribution in [0.2, 0.25) is 0 Å². The summed E-state index contributed by atoms with van der Waals surface area (Å²) < 4.78 is 0. The van der Waals surface area contributed by atoms with E-state index < -0.39 is 11.1 Å². The van der Waals surface area contributed by atoms with E-state index in [0.29, 0.717) is 5.75 Å². The van der Waals surface area contributed by atoms with Crippen LogP contribution in [0, 0.1) is 10.7 Å². The van der Waals surface area contributed by atoms with E-state index >= 15 is 0 Å². The van der Waals surface area contributed by atoms with Crippen LogP contribution in [0.15, 0.2) is 11.6 Å². The monoisotopic (exact) mass is 211 g/mol. The Hall–Kier alpha value is -0.500. The van der Waals surface area contributed by atoms with Gasteiger partial charge in [0.1, 0.15) is 5.40 Å². The van der Waals surface area contributed by atoms with Gasteiger partial charge in [-0.2, -0.15) is 5.26 Å². The Morgan fingerprint density at radius 1 is 1.50 bits per heavy atom. The standard InChI is InChI=1S/C10H15N2OS/c1-9(2)5-8(6-14-7-11)10(3,4)12(9)13/h5H,6H2,1-4H3. The van der Waals surface area contributed by atoms with Gasteiger partial charge in [0, 0.05) is 5.75 Å². The molecule has 14 heavy (non-hydrogen) atoms. The fourth-order valence-corrected chi connectivity index (χ4v) is 2.50. The second-order valence-corrected chi connectivity index (χ2v) is 5.32. The van der Waals surface area contributed by atoms with Crippen molar-refractivity contribution in [2.45, 2.75) is 38.8 Å². The first-order chi connectivity index (χ1) is 6.32. The first-order valence-corrected chi connectivity index (χ1v) is 5.51. The molecule has 0 saturated carbocycles. The highest BCUT2D eigenvalue weighted by atomic mass is 32.2. The summed E-state index contributed by atoms with van der Waals surface area (Å²) in [5, 5.41) is 23.5. The van der Waals surface area contributed by atoms with Crippen LogP contribution in [0.4, 0.5) is 0 Å². The normalized spacial score (nSPS) is 24.4. The number of nitrogens with zero attached hydrogens (tertiary/aromatic N) is 2. The molecule has 1 rings (SSSR count). The van der Waals surface area contributed by atoms with Crippen LogP contribution >= 0.6 is 11.8 Å². The lowest BCUT2D eigenvalue weighted by Gasteiger charge is -2.33. The summed E-state index contributed by atoms with van der Waals surface area (Å²) in [6.07, 6.45) is 1.98. The minimum atomic E-state index is -0.479. The largest absolute Gasteiger partial charge is 0.185 e. The van der Waals surface area contributed by atoms with E-state index in [1.807, 2.05) is 39.2 Å². The zero-order valence-electron chi connectivity index (χ0n) is 9.00. The molecule has 0 fully saturated rings. The van der Waals surface area contributed by atoms with Crippen LogP contribution in [-0.2, 0) is 5.21 Å². The average molecular weight is 211 g/mol. The van der Waals surface area contributed by atoms with Gasteiger partial charge in [0.25, 0.3) is 0 Å². The van der Waals surface area contributed by atoms with Crippen molar-refractivity contribution < 1.29 is 5.21 Å². The predicted molar refractivity (Wildman–Crippen MR) is 56.8 cm³/mol. The van der Waals surface area contributed by atoms with Gasteiger partial charge < -0.3 is 0 Å². The van der Waals surface area contributed by atoms with E-state index in [1.165, 1.54) is 11.8 Å². The Morgan fingerprint density at radius 2 is 2.07 bits per heavy atom. The molecule has 0 bridgehead atoms. The maximum absolute atomic E-state index is 11.9. The minimum absolute atomic E-state index is 0.450. The van der Waals surface area contributed by atoms with Crippen molar-refractivity contribution in [3.8, 4) is 5.40 Å². The van der Waals surface area contributed by atoms with Crippen molar-refractivity contribution in [3.05, 3.63) is 11.6 Å². The molecule has 0 amide bonds. The van der Waals surface area contributed by atoms with Gasteiger partial charge >= 0.3 is 0 Å². The van der Waals surface area contributed by atoms with Crippen molar-refractivity contribution in [2.24, 2.45) is 0 Å². The lowest BCUT2D eigenvalue weighted by Crippen LogP contribution is -2.47. The Kier molecular flexibility index (Phi) is 2.96. The first-order valence-electron chi connectivity index (χ1n) is 4.53. The number of hydrogen-bond donors (Lipinski definition) is 0. The number of hydroxylamine groups is 2. The molecule has 0 aliphatic carbocycles. The van der Waals surface area contributed by atoms with E-state index in [4.69, 9.17) is 5.26 Å². The minimum Gasteiger partial charge on any atom is -0.185 e. The fraction of sp³-hybridized carbons (Fsp3) is 0.700. The van der Waals surface area contributed by atoms with E-state index in [-0.39, 0.29) is 0 Å². The van der Waals surface area contributed by atoms with Crippen molar-refractivity contribution in [3.63, 3.8) is 0 Å². The van der Waals surface area contributed by atoms with E-state index in [2.05, 4.69) is 0 Å². The molecule has 0 aromatic heterocycles. The number of hydrogen-bond acceptors (Lipinski definition) is 3. The molecule has 0 atom stereocenters. The number of rotatable bonds is 2. The highest BCUT2D eigenvalue weighted by Crippen LogP contribution is 2.39. The molecule has 0 saturated heterocycles. The molecule has 1 aliphatic heterocycles. The summed E-state index contributed by atoms with van der Waals surface area (Å²) in [5.41, 5.74) is 0.117. The highest BCUT2D eigenvalue weighted by molar-refractivity contribution is 8.03. The smallest absolute Gasteiger partial charge is 0.133 e. The highest BCUT2D eigenvalue weighted by Gasteiger charge is 2.45. The molecule has 0 N–H and O–H groups in total. The fourth-order valence-electron chi connectivity index (χ4n) is 1.84. The van der Waals surface area contributed by atoms with Crippen molar-refractivity contribution in [1.29, 1.82) is 5.26 Å². The van der Waals surface area contributed by atoms with Crippen LogP contribution < -0.4 is 0 Å². The van der Waals surface area contributed by atoms with Gasteiger partial charge in [-0.3, -0.25) is 0 Å². The van der Waals surface area contributed by atoms with Crippen LogP contribution in [0.25, 0.3) is 0 Å². The van der Waals surface area contributed by atoms with E-state index in [1.54, 1.807) is 0 Å². The van der Waals surface area contributed by atoms with Gasteiger partial charge in [-0.25, -0.2) is 0 Å². The third kappa shape index (κ3) is 1.81. The second kappa shape index (κ2) is 3.58. The topological polar surface area (TPSA) is 46.9 Å². The van der Waals surface area contributed by atoms with E-state index in [9.17, 15) is 5.21 Å². The summed E-state index contributed by atoms with van der Waals surface area (Å²) in [4.78, 5) is 0. The molecule has 0 aromatic rings. The Morgan fingerprint density at radius 3 is 2.43 bits per heavy atom. The van der Waals surface area contributed by atoms with Gasteiger partial charge in [-0.15, -0.1) is 10.3 Å². The molecule has 0 spiro atoms. The maximum atomic E-state index is 11.9. The van der Waals surface area contributed by atoms with Crippen molar-refractivity contribution in [1.82, 2.24) is 5.06 Å². The molecule has 1 radical (unpaired) electrons. The summed E-state index contributed by atoms with van der Waals surface area (Å²) in [5.74, 6) is 0.617. The second-order valence-electron chi connectivity index (χ2n) is 4.56. The van der Waals surface area contributed by atoms with Crippen molar-refractivity contribution >= 4 is 11.8 Å². The molecule has 0 unspecified atom stereocenters. The summed E-state index contributed by atoms with van der Waals surface area (Å²) in [6.45, 7) is 7.59. The van der Waals surface area contributed by atoms with Crippen LogP contribution in [0.1, 0.15) is 27.7 Å². The molecule has 1 heterocycles. The van der Waals surface area contributed by atoms with Crippen LogP contribution in [-0.4, -0.2) is 21.9 Å². The number of nitriles is 1. The van der Waals surface area contributed by atoms with Gasteiger partial charge in [0.15, 0.2) is 0 Å². The Labute approximate surface area is 89.4 Å². The summed E-state index contributed by atoms with van der Waals surface area (Å²) in [6, 6.07) is 0. The Balaban J connectivity index is 2.90. The molecule has 4 heteroatoms. The molecular formula is C10H15N2OS. The van der Waals surface area contributed by atoms with Gasteiger partial charge in [0.05, 0.1) is 11.1 Å². The Bertz CT molecular complexity index is 302. The third-order valence-corrected chi connectivity index (χ3v) is 3.22. The SMILES string of the molecule is CC1(C)C=C(CSC#N)C(C)(C)N1[O]. The summed E-state index contributed by atoms with van der Waals surface area (Å²) in [7, 11) is 0. The lowest BCUT2D eigenvalue weighted by molar-refractivity contribution is -0.238. The molecule has 77 valence electrons. The zero-order chi connectivity index (χ0) is 11.0.